The molecule has 0 aromatic heterocycles. The van der Waals surface area contributed by atoms with E-state index in [1.165, 1.54) is 0 Å². The Morgan fingerprint density at radius 1 is 0.840 bits per heavy atom. The van der Waals surface area contributed by atoms with Crippen LogP contribution >= 0.6 is 0 Å². The van der Waals surface area contributed by atoms with Gasteiger partial charge in [-0.3, -0.25) is 0 Å². The van der Waals surface area contributed by atoms with Gasteiger partial charge >= 0.3 is 29.9 Å². The van der Waals surface area contributed by atoms with Crippen LogP contribution in [0, 0.1) is 0 Å². The summed E-state index contributed by atoms with van der Waals surface area (Å²) in [6.45, 7) is 0. The zero-order valence-corrected chi connectivity index (χ0v) is 11.3. The lowest BCUT2D eigenvalue weighted by molar-refractivity contribution is -0.390. The molecule has 0 saturated carbocycles. The van der Waals surface area contributed by atoms with Crippen LogP contribution in [-0.2, 0) is 4.79 Å². The van der Waals surface area contributed by atoms with Gasteiger partial charge < -0.3 is 14.6 Å². The van der Waals surface area contributed by atoms with Crippen molar-refractivity contribution in [1.29, 1.82) is 0 Å². The first-order valence-corrected chi connectivity index (χ1v) is 5.80. The SMILES string of the molecule is O=C([O-])c1ccccc1OC(=O)C(F)(F)C(F)(F)C(F)(F)C(F)(F)F. The van der Waals surface area contributed by atoms with E-state index in [-0.39, 0.29) is 0 Å². The number of esters is 1. The second-order valence-electron chi connectivity index (χ2n) is 4.39. The molecule has 0 heterocycles. The van der Waals surface area contributed by atoms with Crippen LogP contribution in [-0.4, -0.2) is 35.9 Å². The molecule has 4 nitrogen and oxygen atoms in total. The number of carbonyl (C=O) groups is 2. The number of carboxylic acids is 1. The molecule has 0 radical (unpaired) electrons. The molecule has 0 amide bonds. The van der Waals surface area contributed by atoms with Crippen LogP contribution < -0.4 is 9.84 Å². The van der Waals surface area contributed by atoms with E-state index in [1.54, 1.807) is 0 Å². The summed E-state index contributed by atoms with van der Waals surface area (Å²) in [6.07, 6.45) is -7.11. The normalized spacial score (nSPS) is 13.5. The molecular formula is C12H4F9O4-. The van der Waals surface area contributed by atoms with E-state index in [0.29, 0.717) is 12.1 Å². The average Bonchev–Trinajstić information content (AvgIpc) is 2.45. The maximum Gasteiger partial charge on any atom is 0.460 e. The molecule has 25 heavy (non-hydrogen) atoms. The molecule has 1 aromatic carbocycles. The highest BCUT2D eigenvalue weighted by Crippen LogP contribution is 2.53. The molecule has 0 aliphatic rings. The molecule has 0 spiro atoms. The van der Waals surface area contributed by atoms with Gasteiger partial charge in [-0.15, -0.1) is 0 Å². The summed E-state index contributed by atoms with van der Waals surface area (Å²) in [7, 11) is 0. The molecule has 0 bridgehead atoms. The summed E-state index contributed by atoms with van der Waals surface area (Å²) in [5, 5.41) is 10.6. The lowest BCUT2D eigenvalue weighted by Crippen LogP contribution is -2.64. The number of carbonyl (C=O) groups excluding carboxylic acids is 2. The van der Waals surface area contributed by atoms with Crippen LogP contribution in [0.5, 0.6) is 5.75 Å². The number of para-hydroxylation sites is 1. The molecular weight excluding hydrogens is 379 g/mol. The second-order valence-corrected chi connectivity index (χ2v) is 4.39. The number of ether oxygens (including phenoxy) is 1. The number of rotatable bonds is 5. The van der Waals surface area contributed by atoms with E-state index in [4.69, 9.17) is 0 Å². The summed E-state index contributed by atoms with van der Waals surface area (Å²) >= 11 is 0. The van der Waals surface area contributed by atoms with E-state index in [2.05, 4.69) is 4.74 Å². The fourth-order valence-electron chi connectivity index (χ4n) is 1.39. The van der Waals surface area contributed by atoms with Crippen LogP contribution in [0.25, 0.3) is 0 Å². The maximum atomic E-state index is 13.3. The minimum Gasteiger partial charge on any atom is -0.545 e. The molecule has 0 aliphatic carbocycles. The third-order valence-corrected chi connectivity index (χ3v) is 2.71. The fraction of sp³-hybridized carbons (Fsp3) is 0.333. The van der Waals surface area contributed by atoms with Crippen molar-refractivity contribution >= 4 is 11.9 Å². The Kier molecular flexibility index (Phi) is 5.03. The number of halogens is 9. The van der Waals surface area contributed by atoms with E-state index < -0.39 is 47.2 Å². The number of alkyl halides is 9. The Morgan fingerprint density at radius 2 is 1.32 bits per heavy atom. The van der Waals surface area contributed by atoms with Gasteiger partial charge in [-0.1, -0.05) is 12.1 Å². The van der Waals surface area contributed by atoms with Gasteiger partial charge in [-0.2, -0.15) is 39.5 Å². The quantitative estimate of drug-likeness (QED) is 0.445. The third kappa shape index (κ3) is 3.35. The van der Waals surface area contributed by atoms with E-state index in [0.717, 1.165) is 12.1 Å². The van der Waals surface area contributed by atoms with Gasteiger partial charge in [0.25, 0.3) is 0 Å². The second kappa shape index (κ2) is 6.11. The van der Waals surface area contributed by atoms with Crippen LogP contribution in [0.2, 0.25) is 0 Å². The predicted octanol–water partition coefficient (Wildman–Crippen LogP) is 2.42. The van der Waals surface area contributed by atoms with Crippen LogP contribution in [0.4, 0.5) is 39.5 Å². The zero-order chi connectivity index (χ0) is 19.8. The smallest absolute Gasteiger partial charge is 0.460 e. The first kappa shape index (κ1) is 20.6. The van der Waals surface area contributed by atoms with Crippen LogP contribution in [0.3, 0.4) is 0 Å². The number of aromatic carboxylic acids is 1. The van der Waals surface area contributed by atoms with Gasteiger partial charge in [0.2, 0.25) is 0 Å². The van der Waals surface area contributed by atoms with Crippen molar-refractivity contribution in [1.82, 2.24) is 0 Å². The largest absolute Gasteiger partial charge is 0.545 e. The van der Waals surface area contributed by atoms with Gasteiger partial charge in [0.15, 0.2) is 0 Å². The zero-order valence-electron chi connectivity index (χ0n) is 11.3. The average molecular weight is 383 g/mol. The summed E-state index contributed by atoms with van der Waals surface area (Å²) in [6, 6.07) is 2.93. The fourth-order valence-corrected chi connectivity index (χ4v) is 1.39. The summed E-state index contributed by atoms with van der Waals surface area (Å²) < 4.78 is 117. The summed E-state index contributed by atoms with van der Waals surface area (Å²) in [5.41, 5.74) is -1.11. The van der Waals surface area contributed by atoms with Crippen molar-refractivity contribution in [2.45, 2.75) is 23.9 Å². The number of carboxylic acid groups (broad SMARTS) is 1. The molecule has 0 N–H and O–H groups in total. The molecule has 1 aromatic rings. The highest BCUT2D eigenvalue weighted by atomic mass is 19.4. The lowest BCUT2D eigenvalue weighted by atomic mass is 10.0. The third-order valence-electron chi connectivity index (χ3n) is 2.71. The molecule has 0 atom stereocenters. The molecule has 0 saturated heterocycles. The van der Waals surface area contributed by atoms with Crippen molar-refractivity contribution in [2.75, 3.05) is 0 Å². The van der Waals surface area contributed by atoms with E-state index >= 15 is 0 Å². The van der Waals surface area contributed by atoms with Crippen LogP contribution in [0.1, 0.15) is 10.4 Å². The predicted molar refractivity (Wildman–Crippen MR) is 57.3 cm³/mol. The summed E-state index contributed by atoms with van der Waals surface area (Å²) in [5.74, 6) is -28.1. The number of hydrogen-bond acceptors (Lipinski definition) is 4. The highest BCUT2D eigenvalue weighted by Gasteiger charge is 2.84. The topological polar surface area (TPSA) is 66.4 Å². The number of benzene rings is 1. The van der Waals surface area contributed by atoms with Gasteiger partial charge in [0.05, 0.1) is 5.97 Å². The van der Waals surface area contributed by atoms with E-state index in [9.17, 15) is 54.2 Å². The van der Waals surface area contributed by atoms with Crippen molar-refractivity contribution in [2.24, 2.45) is 0 Å². The van der Waals surface area contributed by atoms with Gasteiger partial charge in [-0.25, -0.2) is 4.79 Å². The van der Waals surface area contributed by atoms with Gasteiger partial charge in [0.1, 0.15) is 5.75 Å². The standard InChI is InChI=1S/C12H5F9O4/c13-9(14,10(15,16)11(17,18)12(19,20)21)8(24)25-6-4-2-1-3-5(6)7(22)23/h1-4H,(H,22,23)/p-1. The molecule has 0 aliphatic heterocycles. The summed E-state index contributed by atoms with van der Waals surface area (Å²) in [4.78, 5) is 21.7. The van der Waals surface area contributed by atoms with E-state index in [1.807, 2.05) is 0 Å². The Hall–Kier alpha value is -2.47. The minimum absolute atomic E-state index is 0.485. The first-order chi connectivity index (χ1) is 11.1. The molecule has 0 unspecified atom stereocenters. The monoisotopic (exact) mass is 383 g/mol. The van der Waals surface area contributed by atoms with Crippen molar-refractivity contribution < 1.29 is 58.9 Å². The molecule has 1 rings (SSSR count). The maximum absolute atomic E-state index is 13.3. The van der Waals surface area contributed by atoms with Crippen molar-refractivity contribution in [3.8, 4) is 5.75 Å². The molecule has 0 fully saturated rings. The molecule has 13 heteroatoms. The Bertz CT molecular complexity index is 681. The van der Waals surface area contributed by atoms with Crippen molar-refractivity contribution in [3.05, 3.63) is 29.8 Å². The van der Waals surface area contributed by atoms with Crippen LogP contribution in [0.15, 0.2) is 24.3 Å². The highest BCUT2D eigenvalue weighted by molar-refractivity contribution is 5.91. The Balaban J connectivity index is 3.26. The minimum atomic E-state index is -7.28. The Labute approximate surface area is 131 Å². The Morgan fingerprint density at radius 3 is 1.76 bits per heavy atom. The molecule has 140 valence electrons. The van der Waals surface area contributed by atoms with Crippen molar-refractivity contribution in [3.63, 3.8) is 0 Å². The lowest BCUT2D eigenvalue weighted by Gasteiger charge is -2.32. The number of hydrogen-bond donors (Lipinski definition) is 0. The van der Waals surface area contributed by atoms with Gasteiger partial charge in [-0.05, 0) is 12.1 Å². The first-order valence-electron chi connectivity index (χ1n) is 5.80. The van der Waals surface area contributed by atoms with Gasteiger partial charge in [0, 0.05) is 5.56 Å².